The number of hydrogen-bond donors (Lipinski definition) is 4. The fraction of sp³-hybridized carbons (Fsp3) is 0.429. The molecule has 6 nitrogen and oxygen atoms in total. The molecule has 2 rings (SSSR count). The standard InChI is InChI=1S/C8H8N2O2.C6H12.2H3N/c9-7(11)5-2-1-3-6(4-5)8(10)12;1-2-4-6-5-3-1;;/h1-4H,(H2,9,11)(H2,10,12);1-6H2;2*1H3. The Morgan fingerprint density at radius 3 is 1.30 bits per heavy atom. The van der Waals surface area contributed by atoms with Gasteiger partial charge in [0.05, 0.1) is 0 Å². The van der Waals surface area contributed by atoms with E-state index >= 15 is 0 Å². The lowest BCUT2D eigenvalue weighted by molar-refractivity contribution is 0.0999. The maximum atomic E-state index is 10.6. The normalized spacial score (nSPS) is 12.8. The summed E-state index contributed by atoms with van der Waals surface area (Å²) >= 11 is 0. The van der Waals surface area contributed by atoms with Crippen LogP contribution in [-0.2, 0) is 0 Å². The number of benzene rings is 1. The Balaban J connectivity index is 0. The third-order valence-electron chi connectivity index (χ3n) is 2.93. The lowest BCUT2D eigenvalue weighted by Gasteiger charge is -2.05. The van der Waals surface area contributed by atoms with Crippen molar-refractivity contribution in [1.82, 2.24) is 12.3 Å². The van der Waals surface area contributed by atoms with Crippen LogP contribution in [-0.4, -0.2) is 11.8 Å². The first-order valence-corrected chi connectivity index (χ1v) is 6.31. The topological polar surface area (TPSA) is 156 Å². The maximum Gasteiger partial charge on any atom is 0.248 e. The van der Waals surface area contributed by atoms with Gasteiger partial charge in [-0.15, -0.1) is 0 Å². The molecule has 0 saturated heterocycles. The van der Waals surface area contributed by atoms with Crippen molar-refractivity contribution in [2.24, 2.45) is 11.5 Å². The van der Waals surface area contributed by atoms with Gasteiger partial charge in [0.15, 0.2) is 0 Å². The number of nitrogens with two attached hydrogens (primary N) is 2. The van der Waals surface area contributed by atoms with Crippen molar-refractivity contribution >= 4 is 11.8 Å². The molecule has 0 bridgehead atoms. The Morgan fingerprint density at radius 2 is 1.05 bits per heavy atom. The van der Waals surface area contributed by atoms with Crippen molar-refractivity contribution in [3.63, 3.8) is 0 Å². The summed E-state index contributed by atoms with van der Waals surface area (Å²) in [6.07, 6.45) is 9.00. The van der Waals surface area contributed by atoms with Gasteiger partial charge in [0.1, 0.15) is 0 Å². The van der Waals surface area contributed by atoms with Crippen LogP contribution in [0.1, 0.15) is 59.2 Å². The summed E-state index contributed by atoms with van der Waals surface area (Å²) in [5.41, 5.74) is 10.6. The molecular weight excluding hydrogens is 256 g/mol. The second kappa shape index (κ2) is 11.0. The molecule has 6 heteroatoms. The number of hydrogen-bond acceptors (Lipinski definition) is 4. The predicted octanol–water partition coefficient (Wildman–Crippen LogP) is 2.55. The van der Waals surface area contributed by atoms with Gasteiger partial charge in [-0.2, -0.15) is 0 Å². The first-order chi connectivity index (χ1) is 8.61. The summed E-state index contributed by atoms with van der Waals surface area (Å²) in [5.74, 6) is -1.14. The van der Waals surface area contributed by atoms with Crippen LogP contribution in [0, 0.1) is 0 Å². The molecule has 0 atom stereocenters. The van der Waals surface area contributed by atoms with Crippen molar-refractivity contribution in [1.29, 1.82) is 0 Å². The molecule has 114 valence electrons. The molecular formula is C14H26N4O2. The van der Waals surface area contributed by atoms with Crippen LogP contribution in [0.15, 0.2) is 24.3 Å². The van der Waals surface area contributed by atoms with Crippen molar-refractivity contribution < 1.29 is 9.59 Å². The molecule has 0 aliphatic heterocycles. The highest BCUT2D eigenvalue weighted by Gasteiger charge is 2.03. The van der Waals surface area contributed by atoms with Crippen LogP contribution in [0.4, 0.5) is 0 Å². The second-order valence-corrected chi connectivity index (χ2v) is 4.43. The van der Waals surface area contributed by atoms with Crippen LogP contribution in [0.5, 0.6) is 0 Å². The van der Waals surface area contributed by atoms with Crippen molar-refractivity contribution in [3.05, 3.63) is 35.4 Å². The molecule has 0 unspecified atom stereocenters. The molecule has 0 heterocycles. The molecule has 10 N–H and O–H groups in total. The zero-order valence-corrected chi connectivity index (χ0v) is 11.9. The Kier molecular flexibility index (Phi) is 11.2. The molecule has 1 aromatic rings. The van der Waals surface area contributed by atoms with E-state index in [2.05, 4.69) is 0 Å². The summed E-state index contributed by atoms with van der Waals surface area (Å²) in [6, 6.07) is 5.97. The smallest absolute Gasteiger partial charge is 0.248 e. The minimum absolute atomic E-state index is 0. The summed E-state index contributed by atoms with van der Waals surface area (Å²) in [7, 11) is 0. The summed E-state index contributed by atoms with van der Waals surface area (Å²) < 4.78 is 0. The van der Waals surface area contributed by atoms with Gasteiger partial charge in [0.2, 0.25) is 11.8 Å². The first-order valence-electron chi connectivity index (χ1n) is 6.31. The van der Waals surface area contributed by atoms with E-state index < -0.39 is 11.8 Å². The van der Waals surface area contributed by atoms with Gasteiger partial charge in [-0.1, -0.05) is 44.6 Å². The molecule has 1 saturated carbocycles. The molecule has 1 fully saturated rings. The quantitative estimate of drug-likeness (QED) is 0.657. The van der Waals surface area contributed by atoms with Gasteiger partial charge < -0.3 is 23.8 Å². The highest BCUT2D eigenvalue weighted by Crippen LogP contribution is 2.15. The van der Waals surface area contributed by atoms with Gasteiger partial charge in [0, 0.05) is 11.1 Å². The highest BCUT2D eigenvalue weighted by atomic mass is 16.1. The Morgan fingerprint density at radius 1 is 0.750 bits per heavy atom. The van der Waals surface area contributed by atoms with Crippen LogP contribution < -0.4 is 23.8 Å². The fourth-order valence-electron chi connectivity index (χ4n) is 1.89. The number of carbonyl (C=O) groups excluding carboxylic acids is 2. The largest absolute Gasteiger partial charge is 0.366 e. The zero-order valence-electron chi connectivity index (χ0n) is 11.9. The Labute approximate surface area is 120 Å². The van der Waals surface area contributed by atoms with E-state index in [0.29, 0.717) is 0 Å². The van der Waals surface area contributed by atoms with E-state index in [4.69, 9.17) is 11.5 Å². The molecule has 2 amide bonds. The Hall–Kier alpha value is -1.92. The molecule has 1 aliphatic rings. The minimum atomic E-state index is -0.571. The van der Waals surface area contributed by atoms with Crippen LogP contribution in [0.3, 0.4) is 0 Å². The van der Waals surface area contributed by atoms with Gasteiger partial charge in [-0.05, 0) is 18.2 Å². The minimum Gasteiger partial charge on any atom is -0.366 e. The van der Waals surface area contributed by atoms with Gasteiger partial charge >= 0.3 is 0 Å². The molecule has 0 spiro atoms. The van der Waals surface area contributed by atoms with Gasteiger partial charge in [0.25, 0.3) is 0 Å². The average Bonchev–Trinajstić information content (AvgIpc) is 2.41. The number of primary amides is 2. The Bertz CT molecular complexity index is 377. The lowest BCUT2D eigenvalue weighted by Crippen LogP contribution is -2.14. The fourth-order valence-corrected chi connectivity index (χ4v) is 1.89. The van der Waals surface area contributed by atoms with E-state index in [1.165, 1.54) is 56.7 Å². The van der Waals surface area contributed by atoms with Crippen molar-refractivity contribution in [2.75, 3.05) is 0 Å². The summed E-state index contributed by atoms with van der Waals surface area (Å²) in [4.78, 5) is 21.3. The molecule has 1 aliphatic carbocycles. The molecule has 0 radical (unpaired) electrons. The van der Waals surface area contributed by atoms with E-state index in [9.17, 15) is 9.59 Å². The van der Waals surface area contributed by atoms with Crippen molar-refractivity contribution in [2.45, 2.75) is 38.5 Å². The van der Waals surface area contributed by atoms with Crippen LogP contribution in [0.25, 0.3) is 0 Å². The summed E-state index contributed by atoms with van der Waals surface area (Å²) in [5, 5.41) is 0. The van der Waals surface area contributed by atoms with Crippen LogP contribution >= 0.6 is 0 Å². The zero-order chi connectivity index (χ0) is 13.4. The lowest BCUT2D eigenvalue weighted by atomic mass is 10.0. The molecule has 0 aromatic heterocycles. The number of amides is 2. The molecule has 20 heavy (non-hydrogen) atoms. The third-order valence-corrected chi connectivity index (χ3v) is 2.93. The van der Waals surface area contributed by atoms with Crippen molar-refractivity contribution in [3.8, 4) is 0 Å². The van der Waals surface area contributed by atoms with E-state index in [1.54, 1.807) is 6.07 Å². The third kappa shape index (κ3) is 7.50. The number of rotatable bonds is 2. The SMILES string of the molecule is C1CCCCC1.N.N.NC(=O)c1cccc(C(N)=O)c1. The van der Waals surface area contributed by atoms with Gasteiger partial charge in [-0.3, -0.25) is 9.59 Å². The summed E-state index contributed by atoms with van der Waals surface area (Å²) in [6.45, 7) is 0. The second-order valence-electron chi connectivity index (χ2n) is 4.43. The molecule has 1 aromatic carbocycles. The maximum absolute atomic E-state index is 10.6. The van der Waals surface area contributed by atoms with Crippen LogP contribution in [0.2, 0.25) is 0 Å². The monoisotopic (exact) mass is 282 g/mol. The van der Waals surface area contributed by atoms with Gasteiger partial charge in [-0.25, -0.2) is 0 Å². The predicted molar refractivity (Wildman–Crippen MR) is 81.2 cm³/mol. The van der Waals surface area contributed by atoms with E-state index in [1.807, 2.05) is 0 Å². The highest BCUT2D eigenvalue weighted by molar-refractivity contribution is 5.98. The number of carbonyl (C=O) groups is 2. The average molecular weight is 282 g/mol. The van der Waals surface area contributed by atoms with E-state index in [-0.39, 0.29) is 23.4 Å². The van der Waals surface area contributed by atoms with E-state index in [0.717, 1.165) is 0 Å². The first kappa shape index (κ1) is 20.4.